The van der Waals surface area contributed by atoms with Gasteiger partial charge in [0, 0.05) is 12.6 Å². The lowest BCUT2D eigenvalue weighted by atomic mass is 10.0. The highest BCUT2D eigenvalue weighted by atomic mass is 19.1. The average Bonchev–Trinajstić information content (AvgIpc) is 3.44. The number of hydrogen-bond acceptors (Lipinski definition) is 7. The summed E-state index contributed by atoms with van der Waals surface area (Å²) < 4.78 is 26.5. The van der Waals surface area contributed by atoms with Crippen LogP contribution < -0.4 is 16.0 Å². The Labute approximate surface area is 182 Å². The van der Waals surface area contributed by atoms with Crippen molar-refractivity contribution in [2.75, 3.05) is 22.5 Å². The van der Waals surface area contributed by atoms with E-state index in [1.54, 1.807) is 30.3 Å². The Morgan fingerprint density at radius 3 is 2.44 bits per heavy atom. The van der Waals surface area contributed by atoms with Gasteiger partial charge in [0.15, 0.2) is 5.82 Å². The minimum absolute atomic E-state index is 0.0284. The summed E-state index contributed by atoms with van der Waals surface area (Å²) in [6.07, 6.45) is 1.86. The molecule has 0 spiro atoms. The fourth-order valence-corrected chi connectivity index (χ4v) is 3.88. The van der Waals surface area contributed by atoms with Crippen molar-refractivity contribution in [1.82, 2.24) is 25.1 Å². The Kier molecular flexibility index (Phi) is 5.10. The lowest BCUT2D eigenvalue weighted by molar-refractivity contribution is 0.624. The van der Waals surface area contributed by atoms with Crippen molar-refractivity contribution >= 4 is 23.7 Å². The maximum atomic E-state index is 13.3. The van der Waals surface area contributed by atoms with Gasteiger partial charge in [0.2, 0.25) is 17.8 Å². The number of aromatic nitrogens is 5. The molecule has 1 unspecified atom stereocenters. The number of nitrogens with one attached hydrogen (secondary N) is 2. The first-order chi connectivity index (χ1) is 15.5. The van der Waals surface area contributed by atoms with Crippen molar-refractivity contribution < 1.29 is 8.78 Å². The number of benzene rings is 2. The third-order valence-electron chi connectivity index (χ3n) is 5.38. The first kappa shape index (κ1) is 19.9. The second-order valence-corrected chi connectivity index (χ2v) is 7.52. The van der Waals surface area contributed by atoms with Crippen LogP contribution in [0.2, 0.25) is 0 Å². The zero-order chi connectivity index (χ0) is 22.1. The highest BCUT2D eigenvalue weighted by molar-refractivity contribution is 5.64. The summed E-state index contributed by atoms with van der Waals surface area (Å²) in [5, 5.41) is 10.2. The molecular weight excluding hydrogens is 414 g/mol. The number of nitrogens with zero attached hydrogens (tertiary/aromatic N) is 5. The molecule has 1 atom stereocenters. The SMILES string of the molecule is Nc1nc(Nc2cc(-c3ccc(F)cc3)[nH]n2)nc(N2CCCC2c2ccc(F)cc2)n1. The van der Waals surface area contributed by atoms with Gasteiger partial charge in [-0.1, -0.05) is 12.1 Å². The molecule has 0 radical (unpaired) electrons. The third kappa shape index (κ3) is 4.07. The minimum Gasteiger partial charge on any atom is -0.368 e. The Morgan fingerprint density at radius 2 is 1.69 bits per heavy atom. The second-order valence-electron chi connectivity index (χ2n) is 7.52. The summed E-state index contributed by atoms with van der Waals surface area (Å²) in [5.74, 6) is 0.693. The molecule has 10 heteroatoms. The van der Waals surface area contributed by atoms with Crippen LogP contribution in [0.25, 0.3) is 11.3 Å². The van der Waals surface area contributed by atoms with Crippen LogP contribution in [0, 0.1) is 11.6 Å². The second kappa shape index (κ2) is 8.22. The summed E-state index contributed by atoms with van der Waals surface area (Å²) in [4.78, 5) is 15.1. The monoisotopic (exact) mass is 434 g/mol. The molecule has 0 amide bonds. The topological polar surface area (TPSA) is 109 Å². The van der Waals surface area contributed by atoms with Crippen LogP contribution in [0.3, 0.4) is 0 Å². The molecule has 1 aliphatic heterocycles. The summed E-state index contributed by atoms with van der Waals surface area (Å²) in [6.45, 7) is 0.752. The molecule has 2 aromatic heterocycles. The highest BCUT2D eigenvalue weighted by Crippen LogP contribution is 2.35. The molecule has 0 bridgehead atoms. The van der Waals surface area contributed by atoms with Gasteiger partial charge in [-0.05, 0) is 60.4 Å². The average molecular weight is 434 g/mol. The smallest absolute Gasteiger partial charge is 0.235 e. The van der Waals surface area contributed by atoms with Crippen LogP contribution in [-0.2, 0) is 0 Å². The molecule has 3 heterocycles. The number of nitrogens with two attached hydrogens (primary N) is 1. The summed E-state index contributed by atoms with van der Waals surface area (Å²) in [5.41, 5.74) is 8.45. The van der Waals surface area contributed by atoms with Crippen molar-refractivity contribution in [1.29, 1.82) is 0 Å². The maximum Gasteiger partial charge on any atom is 0.235 e. The Bertz CT molecular complexity index is 1220. The zero-order valence-electron chi connectivity index (χ0n) is 17.0. The van der Waals surface area contributed by atoms with E-state index in [1.807, 2.05) is 4.90 Å². The summed E-state index contributed by atoms with van der Waals surface area (Å²) in [6, 6.07) is 14.4. The van der Waals surface area contributed by atoms with Crippen LogP contribution in [0.15, 0.2) is 54.6 Å². The molecule has 2 aromatic carbocycles. The van der Waals surface area contributed by atoms with Crippen LogP contribution in [0.1, 0.15) is 24.4 Å². The Balaban J connectivity index is 1.38. The minimum atomic E-state index is -0.305. The van der Waals surface area contributed by atoms with E-state index in [4.69, 9.17) is 5.73 Å². The Morgan fingerprint density at radius 1 is 0.969 bits per heavy atom. The van der Waals surface area contributed by atoms with Gasteiger partial charge in [0.05, 0.1) is 11.7 Å². The fraction of sp³-hybridized carbons (Fsp3) is 0.182. The van der Waals surface area contributed by atoms with Gasteiger partial charge in [-0.25, -0.2) is 8.78 Å². The van der Waals surface area contributed by atoms with Gasteiger partial charge in [-0.3, -0.25) is 5.10 Å². The Hall–Kier alpha value is -4.08. The molecular formula is C22H20F2N8. The van der Waals surface area contributed by atoms with E-state index in [0.717, 1.165) is 30.5 Å². The summed E-state index contributed by atoms with van der Waals surface area (Å²) >= 11 is 0. The van der Waals surface area contributed by atoms with Gasteiger partial charge in [-0.15, -0.1) is 0 Å². The predicted molar refractivity (Wildman–Crippen MR) is 117 cm³/mol. The van der Waals surface area contributed by atoms with E-state index >= 15 is 0 Å². The number of aromatic amines is 1. The number of H-pyrrole nitrogens is 1. The molecule has 0 aliphatic carbocycles. The van der Waals surface area contributed by atoms with E-state index in [9.17, 15) is 8.78 Å². The molecule has 32 heavy (non-hydrogen) atoms. The van der Waals surface area contributed by atoms with E-state index in [0.29, 0.717) is 17.5 Å². The van der Waals surface area contributed by atoms with Crippen molar-refractivity contribution in [3.63, 3.8) is 0 Å². The van der Waals surface area contributed by atoms with Gasteiger partial charge in [0.25, 0.3) is 0 Å². The first-order valence-corrected chi connectivity index (χ1v) is 10.2. The molecule has 162 valence electrons. The molecule has 1 fully saturated rings. The lowest BCUT2D eigenvalue weighted by Crippen LogP contribution is -2.25. The van der Waals surface area contributed by atoms with E-state index in [-0.39, 0.29) is 29.6 Å². The molecule has 8 nitrogen and oxygen atoms in total. The van der Waals surface area contributed by atoms with E-state index in [2.05, 4.69) is 30.5 Å². The lowest BCUT2D eigenvalue weighted by Gasteiger charge is -2.25. The largest absolute Gasteiger partial charge is 0.368 e. The van der Waals surface area contributed by atoms with Crippen molar-refractivity contribution in [3.05, 3.63) is 71.8 Å². The normalized spacial score (nSPS) is 15.8. The van der Waals surface area contributed by atoms with Crippen molar-refractivity contribution in [2.45, 2.75) is 18.9 Å². The van der Waals surface area contributed by atoms with Crippen molar-refractivity contribution in [2.24, 2.45) is 0 Å². The molecule has 4 N–H and O–H groups in total. The predicted octanol–water partition coefficient (Wildman–Crippen LogP) is 4.21. The quantitative estimate of drug-likeness (QED) is 0.432. The zero-order valence-corrected chi connectivity index (χ0v) is 17.0. The first-order valence-electron chi connectivity index (χ1n) is 10.2. The number of halogens is 2. The van der Waals surface area contributed by atoms with Gasteiger partial charge >= 0.3 is 0 Å². The maximum absolute atomic E-state index is 13.3. The van der Waals surface area contributed by atoms with Crippen LogP contribution >= 0.6 is 0 Å². The third-order valence-corrected chi connectivity index (χ3v) is 5.38. The molecule has 1 aliphatic rings. The van der Waals surface area contributed by atoms with Gasteiger partial charge in [-0.2, -0.15) is 20.1 Å². The van der Waals surface area contributed by atoms with Gasteiger partial charge in [0.1, 0.15) is 11.6 Å². The van der Waals surface area contributed by atoms with Crippen LogP contribution in [0.4, 0.5) is 32.4 Å². The van der Waals surface area contributed by atoms with Crippen LogP contribution in [0.5, 0.6) is 0 Å². The van der Waals surface area contributed by atoms with E-state index < -0.39 is 0 Å². The summed E-state index contributed by atoms with van der Waals surface area (Å²) in [7, 11) is 0. The van der Waals surface area contributed by atoms with Crippen LogP contribution in [-0.4, -0.2) is 31.7 Å². The number of anilines is 4. The van der Waals surface area contributed by atoms with Gasteiger partial charge < -0.3 is 16.0 Å². The molecule has 0 saturated carbocycles. The molecule has 5 rings (SSSR count). The fourth-order valence-electron chi connectivity index (χ4n) is 3.88. The highest BCUT2D eigenvalue weighted by Gasteiger charge is 2.29. The standard InChI is InChI=1S/C22H20F2N8/c23-15-7-3-13(4-8-15)17-12-19(31-30-17)26-21-27-20(25)28-22(29-21)32-11-1-2-18(32)14-5-9-16(24)10-6-14/h3-10,12,18H,1-2,11H2,(H4,25,26,27,28,29,30,31). The number of rotatable bonds is 5. The molecule has 4 aromatic rings. The van der Waals surface area contributed by atoms with E-state index in [1.165, 1.54) is 24.3 Å². The molecule has 1 saturated heterocycles. The number of nitrogen functional groups attached to an aromatic ring is 1. The van der Waals surface area contributed by atoms with Crippen molar-refractivity contribution in [3.8, 4) is 11.3 Å². The number of hydrogen-bond donors (Lipinski definition) is 3.